The van der Waals surface area contributed by atoms with E-state index >= 15 is 0 Å². The minimum atomic E-state index is -0.442. The van der Waals surface area contributed by atoms with Gasteiger partial charge in [0.1, 0.15) is 18.5 Å². The lowest BCUT2D eigenvalue weighted by Crippen LogP contribution is -2.45. The first-order chi connectivity index (χ1) is 13.9. The molecule has 4 heteroatoms. The van der Waals surface area contributed by atoms with Gasteiger partial charge in [-0.1, -0.05) is 30.2 Å². The van der Waals surface area contributed by atoms with Crippen molar-refractivity contribution in [2.24, 2.45) is 11.8 Å². The summed E-state index contributed by atoms with van der Waals surface area (Å²) in [6.45, 7) is 9.95. The van der Waals surface area contributed by atoms with Crippen molar-refractivity contribution in [1.29, 1.82) is 0 Å². The van der Waals surface area contributed by atoms with Crippen LogP contribution in [0.3, 0.4) is 0 Å². The molecule has 4 nitrogen and oxygen atoms in total. The van der Waals surface area contributed by atoms with Crippen LogP contribution in [-0.2, 0) is 4.74 Å². The summed E-state index contributed by atoms with van der Waals surface area (Å²) in [5.74, 6) is 1.90. The van der Waals surface area contributed by atoms with Crippen molar-refractivity contribution in [1.82, 2.24) is 4.90 Å². The molecule has 2 fully saturated rings. The summed E-state index contributed by atoms with van der Waals surface area (Å²) < 4.78 is 12.5. The molecule has 4 atom stereocenters. The lowest BCUT2D eigenvalue weighted by atomic mass is 9.69. The van der Waals surface area contributed by atoms with Crippen molar-refractivity contribution < 1.29 is 14.6 Å². The van der Waals surface area contributed by atoms with Gasteiger partial charge in [0.15, 0.2) is 0 Å². The Bertz CT molecular complexity index is 705. The number of likely N-dealkylation sites (tertiary alicyclic amines) is 1. The van der Waals surface area contributed by atoms with Gasteiger partial charge in [0.05, 0.1) is 11.7 Å². The van der Waals surface area contributed by atoms with Crippen LogP contribution in [0, 0.1) is 11.8 Å². The molecule has 4 rings (SSSR count). The van der Waals surface area contributed by atoms with E-state index in [4.69, 9.17) is 9.47 Å². The van der Waals surface area contributed by atoms with Crippen LogP contribution < -0.4 is 4.74 Å². The van der Waals surface area contributed by atoms with Crippen LogP contribution in [0.2, 0.25) is 0 Å². The first-order valence-corrected chi connectivity index (χ1v) is 11.4. The van der Waals surface area contributed by atoms with Crippen molar-refractivity contribution in [3.8, 4) is 5.75 Å². The molecule has 0 aromatic heterocycles. The second kappa shape index (κ2) is 8.79. The molecule has 3 aliphatic rings. The van der Waals surface area contributed by atoms with E-state index in [1.807, 2.05) is 12.1 Å². The zero-order valence-corrected chi connectivity index (χ0v) is 18.3. The molecule has 1 aromatic rings. The fourth-order valence-electron chi connectivity index (χ4n) is 5.24. The SMILES string of the molecule is CC1=CC[C@@H]2C[C@H]1[C@@H](c1ccc(OC[C@H](O)CN3CCCCC3)cc1)OC2(C)C. The first-order valence-electron chi connectivity index (χ1n) is 11.4. The average Bonchev–Trinajstić information content (AvgIpc) is 2.72. The topological polar surface area (TPSA) is 41.9 Å². The number of hydrogen-bond acceptors (Lipinski definition) is 4. The van der Waals surface area contributed by atoms with E-state index in [2.05, 4.69) is 43.9 Å². The van der Waals surface area contributed by atoms with E-state index < -0.39 is 6.10 Å². The van der Waals surface area contributed by atoms with Crippen molar-refractivity contribution in [3.05, 3.63) is 41.5 Å². The summed E-state index contributed by atoms with van der Waals surface area (Å²) in [7, 11) is 0. The van der Waals surface area contributed by atoms with Gasteiger partial charge in [-0.25, -0.2) is 0 Å². The van der Waals surface area contributed by atoms with Crippen LogP contribution in [0.5, 0.6) is 5.75 Å². The number of piperidine rings is 1. The van der Waals surface area contributed by atoms with Gasteiger partial charge in [-0.05, 0) is 83.2 Å². The highest BCUT2D eigenvalue weighted by Gasteiger charge is 2.45. The summed E-state index contributed by atoms with van der Waals surface area (Å²) in [5.41, 5.74) is 2.59. The molecule has 1 aromatic carbocycles. The summed E-state index contributed by atoms with van der Waals surface area (Å²) in [4.78, 5) is 2.34. The highest BCUT2D eigenvalue weighted by molar-refractivity contribution is 5.31. The largest absolute Gasteiger partial charge is 0.491 e. The molecular weight excluding hydrogens is 362 g/mol. The van der Waals surface area contributed by atoms with Gasteiger partial charge in [-0.15, -0.1) is 0 Å². The number of fused-ring (bicyclic) bond motifs is 2. The summed E-state index contributed by atoms with van der Waals surface area (Å²) in [6.07, 6.45) is 8.22. The van der Waals surface area contributed by atoms with Crippen LogP contribution in [0.1, 0.15) is 64.5 Å². The Hall–Kier alpha value is -1.36. The first kappa shape index (κ1) is 20.9. The normalized spacial score (nSPS) is 30.5. The van der Waals surface area contributed by atoms with Crippen LogP contribution >= 0.6 is 0 Å². The fourth-order valence-corrected chi connectivity index (χ4v) is 5.24. The number of aliphatic hydroxyl groups excluding tert-OH is 1. The minimum absolute atomic E-state index is 0.0912. The molecule has 2 saturated heterocycles. The third-order valence-corrected chi connectivity index (χ3v) is 7.20. The third kappa shape index (κ3) is 4.87. The quantitative estimate of drug-likeness (QED) is 0.702. The second-order valence-electron chi connectivity index (χ2n) is 9.76. The Labute approximate surface area is 175 Å². The Morgan fingerprint density at radius 1 is 1.17 bits per heavy atom. The van der Waals surface area contributed by atoms with Crippen molar-refractivity contribution >= 4 is 0 Å². The maximum absolute atomic E-state index is 10.3. The highest BCUT2D eigenvalue weighted by atomic mass is 16.5. The zero-order valence-electron chi connectivity index (χ0n) is 18.3. The van der Waals surface area contributed by atoms with E-state index in [9.17, 15) is 5.11 Å². The molecule has 160 valence electrons. The Morgan fingerprint density at radius 2 is 1.90 bits per heavy atom. The maximum Gasteiger partial charge on any atom is 0.119 e. The molecule has 0 spiro atoms. The molecule has 29 heavy (non-hydrogen) atoms. The molecule has 0 amide bonds. The predicted octanol–water partition coefficient (Wildman–Crippen LogP) is 4.73. The Balaban J connectivity index is 1.35. The molecule has 2 heterocycles. The van der Waals surface area contributed by atoms with E-state index in [1.165, 1.54) is 36.8 Å². The average molecular weight is 400 g/mol. The molecule has 0 saturated carbocycles. The molecular formula is C25H37NO3. The number of hydrogen-bond donors (Lipinski definition) is 1. The second-order valence-corrected chi connectivity index (χ2v) is 9.76. The van der Waals surface area contributed by atoms with Gasteiger partial charge < -0.3 is 19.5 Å². The van der Waals surface area contributed by atoms with Crippen molar-refractivity contribution in [3.63, 3.8) is 0 Å². The van der Waals surface area contributed by atoms with Gasteiger partial charge >= 0.3 is 0 Å². The lowest BCUT2D eigenvalue weighted by molar-refractivity contribution is -0.166. The van der Waals surface area contributed by atoms with Gasteiger partial charge in [0.2, 0.25) is 0 Å². The molecule has 1 aliphatic carbocycles. The van der Waals surface area contributed by atoms with Crippen LogP contribution in [0.15, 0.2) is 35.9 Å². The van der Waals surface area contributed by atoms with Gasteiger partial charge in [-0.3, -0.25) is 0 Å². The lowest BCUT2D eigenvalue weighted by Gasteiger charge is -2.49. The number of allylic oxidation sites excluding steroid dienone is 1. The highest BCUT2D eigenvalue weighted by Crippen LogP contribution is 2.50. The van der Waals surface area contributed by atoms with E-state index in [0.29, 0.717) is 25.0 Å². The minimum Gasteiger partial charge on any atom is -0.491 e. The van der Waals surface area contributed by atoms with Gasteiger partial charge in [0, 0.05) is 12.5 Å². The predicted molar refractivity (Wildman–Crippen MR) is 116 cm³/mol. The molecule has 0 radical (unpaired) electrons. The Kier molecular flexibility index (Phi) is 6.33. The number of nitrogens with zero attached hydrogens (tertiary/aromatic N) is 1. The van der Waals surface area contributed by atoms with Crippen molar-refractivity contribution in [2.75, 3.05) is 26.2 Å². The maximum atomic E-state index is 10.3. The summed E-state index contributed by atoms with van der Waals surface area (Å²) in [5, 5.41) is 10.3. The molecule has 2 aliphatic heterocycles. The van der Waals surface area contributed by atoms with E-state index in [-0.39, 0.29) is 11.7 Å². The third-order valence-electron chi connectivity index (χ3n) is 7.20. The standard InChI is InChI=1S/C25H37NO3/c1-18-7-10-20-15-23(18)24(29-25(20,2)3)19-8-11-22(12-9-19)28-17-21(27)16-26-13-5-4-6-14-26/h7-9,11-12,20-21,23-24,27H,4-6,10,13-17H2,1-3H3/t20-,21-,23-,24-/m1/s1. The van der Waals surface area contributed by atoms with Crippen LogP contribution in [-0.4, -0.2) is 48.0 Å². The summed E-state index contributed by atoms with van der Waals surface area (Å²) >= 11 is 0. The van der Waals surface area contributed by atoms with E-state index in [0.717, 1.165) is 25.3 Å². The van der Waals surface area contributed by atoms with Gasteiger partial charge in [0.25, 0.3) is 0 Å². The smallest absolute Gasteiger partial charge is 0.119 e. The number of ether oxygens (including phenoxy) is 2. The van der Waals surface area contributed by atoms with E-state index in [1.54, 1.807) is 0 Å². The summed E-state index contributed by atoms with van der Waals surface area (Å²) in [6, 6.07) is 8.31. The number of rotatable bonds is 6. The molecule has 0 unspecified atom stereocenters. The monoisotopic (exact) mass is 399 g/mol. The van der Waals surface area contributed by atoms with Gasteiger partial charge in [-0.2, -0.15) is 0 Å². The Morgan fingerprint density at radius 3 is 2.62 bits per heavy atom. The number of benzene rings is 1. The number of β-amino-alcohol motifs (C(OH)–C–C–N with tert-alkyl or cyclic N) is 1. The van der Waals surface area contributed by atoms with Crippen LogP contribution in [0.25, 0.3) is 0 Å². The zero-order chi connectivity index (χ0) is 20.4. The number of aliphatic hydroxyl groups is 1. The molecule has 1 N–H and O–H groups in total. The van der Waals surface area contributed by atoms with Crippen molar-refractivity contribution in [2.45, 2.75) is 70.7 Å². The molecule has 2 bridgehead atoms. The van der Waals surface area contributed by atoms with Crippen LogP contribution in [0.4, 0.5) is 0 Å². The fraction of sp³-hybridized carbons (Fsp3) is 0.680.